The lowest BCUT2D eigenvalue weighted by Gasteiger charge is -2.42. The molecule has 9 aromatic rings. The SMILES string of the molecule is CC1(C)c2ccccc2N(c2cc(-c3cc(-c4ccccc4)nc(-c4ccc(-c5ccccc5)cc4)n3)cc(N3c4ccccc4Sc4ccccc43)c2)c2ccccc21. The monoisotopic (exact) mass is 788 g/mol. The van der Waals surface area contributed by atoms with Gasteiger partial charge in [0.05, 0.1) is 34.1 Å². The number of aromatic nitrogens is 2. The molecule has 3 heterocycles. The molecule has 1 aromatic heterocycles. The van der Waals surface area contributed by atoms with E-state index in [1.165, 1.54) is 37.9 Å². The van der Waals surface area contributed by atoms with Gasteiger partial charge in [-0.05, 0) is 82.9 Å². The fraction of sp³-hybridized carbons (Fsp3) is 0.0545. The van der Waals surface area contributed by atoms with Gasteiger partial charge < -0.3 is 9.80 Å². The highest BCUT2D eigenvalue weighted by atomic mass is 32.2. The van der Waals surface area contributed by atoms with Crippen LogP contribution in [0.2, 0.25) is 0 Å². The summed E-state index contributed by atoms with van der Waals surface area (Å²) in [4.78, 5) is 17.9. The molecule has 11 rings (SSSR count). The van der Waals surface area contributed by atoms with E-state index in [2.05, 4.69) is 218 Å². The van der Waals surface area contributed by atoms with Crippen LogP contribution >= 0.6 is 11.8 Å². The van der Waals surface area contributed by atoms with Crippen molar-refractivity contribution in [1.29, 1.82) is 0 Å². The molecule has 0 fully saturated rings. The van der Waals surface area contributed by atoms with Crippen LogP contribution in [0.1, 0.15) is 25.0 Å². The molecular weight excluding hydrogens is 749 g/mol. The van der Waals surface area contributed by atoms with Gasteiger partial charge in [0.1, 0.15) is 0 Å². The molecule has 0 N–H and O–H groups in total. The van der Waals surface area contributed by atoms with Gasteiger partial charge in [-0.25, -0.2) is 9.97 Å². The molecule has 5 heteroatoms. The molecular formula is C55H40N4S. The van der Waals surface area contributed by atoms with Crippen molar-refractivity contribution < 1.29 is 0 Å². The first kappa shape index (κ1) is 35.9. The molecule has 8 aromatic carbocycles. The van der Waals surface area contributed by atoms with E-state index in [9.17, 15) is 0 Å². The van der Waals surface area contributed by atoms with Crippen LogP contribution in [0.15, 0.2) is 216 Å². The summed E-state index contributed by atoms with van der Waals surface area (Å²) < 4.78 is 0. The maximum atomic E-state index is 5.42. The van der Waals surface area contributed by atoms with E-state index in [-0.39, 0.29) is 5.41 Å². The van der Waals surface area contributed by atoms with E-state index in [1.807, 2.05) is 23.9 Å². The van der Waals surface area contributed by atoms with Gasteiger partial charge in [0, 0.05) is 43.3 Å². The Balaban J connectivity index is 1.16. The van der Waals surface area contributed by atoms with Gasteiger partial charge in [-0.15, -0.1) is 0 Å². The van der Waals surface area contributed by atoms with Crippen molar-refractivity contribution in [2.75, 3.05) is 9.80 Å². The standard InChI is InChI=1S/C55H40N4S/c1-55(2)44-21-9-11-23-48(44)58(49-24-12-10-22-45(49)55)42-33-41(34-43(35-42)59-50-25-13-15-27-52(50)60-53-28-16-14-26-51(53)59)47-36-46(39-19-7-4-8-20-39)56-54(57-47)40-31-29-38(30-32-40)37-17-5-3-6-18-37/h3-36H,1-2H3. The lowest BCUT2D eigenvalue weighted by atomic mass is 9.73. The van der Waals surface area contributed by atoms with Crippen LogP contribution < -0.4 is 9.80 Å². The molecule has 2 aliphatic heterocycles. The van der Waals surface area contributed by atoms with Crippen LogP contribution in [0.4, 0.5) is 34.1 Å². The number of hydrogen-bond acceptors (Lipinski definition) is 5. The Morgan fingerprint density at radius 3 is 1.35 bits per heavy atom. The van der Waals surface area contributed by atoms with Crippen molar-refractivity contribution in [3.8, 4) is 45.0 Å². The molecule has 2 aliphatic rings. The molecule has 0 radical (unpaired) electrons. The van der Waals surface area contributed by atoms with Crippen LogP contribution in [-0.4, -0.2) is 9.97 Å². The van der Waals surface area contributed by atoms with E-state index in [0.29, 0.717) is 5.82 Å². The molecule has 0 saturated carbocycles. The van der Waals surface area contributed by atoms with Gasteiger partial charge in [-0.2, -0.15) is 0 Å². The Bertz CT molecular complexity index is 2960. The Morgan fingerprint density at radius 2 is 0.783 bits per heavy atom. The fourth-order valence-electron chi connectivity index (χ4n) is 8.85. The zero-order valence-electron chi connectivity index (χ0n) is 33.3. The number of para-hydroxylation sites is 4. The molecule has 0 bridgehead atoms. The van der Waals surface area contributed by atoms with E-state index < -0.39 is 0 Å². The summed E-state index contributed by atoms with van der Waals surface area (Å²) in [6.07, 6.45) is 0. The number of benzene rings is 8. The maximum absolute atomic E-state index is 5.42. The third-order valence-corrected chi connectivity index (χ3v) is 13.0. The largest absolute Gasteiger partial charge is 0.310 e. The number of rotatable bonds is 6. The van der Waals surface area contributed by atoms with E-state index in [0.717, 1.165) is 56.4 Å². The van der Waals surface area contributed by atoms with Gasteiger partial charge in [-0.3, -0.25) is 0 Å². The average molecular weight is 789 g/mol. The highest BCUT2D eigenvalue weighted by Gasteiger charge is 2.37. The van der Waals surface area contributed by atoms with E-state index >= 15 is 0 Å². The van der Waals surface area contributed by atoms with Crippen LogP contribution in [0, 0.1) is 0 Å². The van der Waals surface area contributed by atoms with E-state index in [4.69, 9.17) is 9.97 Å². The molecule has 0 aliphatic carbocycles. The minimum Gasteiger partial charge on any atom is -0.310 e. The third-order valence-electron chi connectivity index (χ3n) is 11.8. The van der Waals surface area contributed by atoms with Gasteiger partial charge in [0.2, 0.25) is 0 Å². The Hall–Kier alpha value is -7.21. The van der Waals surface area contributed by atoms with Crippen LogP contribution in [0.3, 0.4) is 0 Å². The summed E-state index contributed by atoms with van der Waals surface area (Å²) in [5, 5.41) is 0. The highest BCUT2D eigenvalue weighted by molar-refractivity contribution is 7.99. The smallest absolute Gasteiger partial charge is 0.160 e. The molecule has 0 saturated heterocycles. The Kier molecular flexibility index (Phi) is 8.72. The van der Waals surface area contributed by atoms with Crippen molar-refractivity contribution in [3.05, 3.63) is 217 Å². The van der Waals surface area contributed by atoms with E-state index in [1.54, 1.807) is 0 Å². The number of anilines is 6. The quantitative estimate of drug-likeness (QED) is 0.168. The lowest BCUT2D eigenvalue weighted by molar-refractivity contribution is 0.632. The minimum absolute atomic E-state index is 0.186. The molecule has 0 unspecified atom stereocenters. The van der Waals surface area contributed by atoms with Crippen LogP contribution in [-0.2, 0) is 5.41 Å². The third kappa shape index (κ3) is 6.18. The minimum atomic E-state index is -0.186. The normalized spacial score (nSPS) is 13.5. The van der Waals surface area contributed by atoms with Gasteiger partial charge in [-0.1, -0.05) is 171 Å². The first-order valence-corrected chi connectivity index (χ1v) is 21.2. The summed E-state index contributed by atoms with van der Waals surface area (Å²) in [5.74, 6) is 0.679. The molecule has 60 heavy (non-hydrogen) atoms. The molecule has 0 atom stereocenters. The number of hydrogen-bond donors (Lipinski definition) is 0. The van der Waals surface area contributed by atoms with Crippen LogP contribution in [0.25, 0.3) is 45.0 Å². The molecule has 0 amide bonds. The first-order chi connectivity index (χ1) is 29.5. The topological polar surface area (TPSA) is 32.3 Å². The van der Waals surface area contributed by atoms with Crippen molar-refractivity contribution in [1.82, 2.24) is 9.97 Å². The predicted molar refractivity (Wildman–Crippen MR) is 249 cm³/mol. The molecule has 286 valence electrons. The van der Waals surface area contributed by atoms with Crippen molar-refractivity contribution in [2.24, 2.45) is 0 Å². The molecule has 4 nitrogen and oxygen atoms in total. The fourth-order valence-corrected chi connectivity index (χ4v) is 9.91. The second-order valence-electron chi connectivity index (χ2n) is 15.9. The summed E-state index contributed by atoms with van der Waals surface area (Å²) in [6.45, 7) is 4.67. The highest BCUT2D eigenvalue weighted by Crippen LogP contribution is 2.55. The molecule has 0 spiro atoms. The summed E-state index contributed by atoms with van der Waals surface area (Å²) in [7, 11) is 0. The second-order valence-corrected chi connectivity index (χ2v) is 17.0. The van der Waals surface area contributed by atoms with Gasteiger partial charge in [0.25, 0.3) is 0 Å². The Morgan fingerprint density at radius 1 is 0.367 bits per heavy atom. The van der Waals surface area contributed by atoms with Crippen molar-refractivity contribution >= 4 is 45.9 Å². The maximum Gasteiger partial charge on any atom is 0.160 e. The summed E-state index contributed by atoms with van der Waals surface area (Å²) in [5.41, 5.74) is 16.2. The number of nitrogens with zero attached hydrogens (tertiary/aromatic N) is 4. The second kappa shape index (κ2) is 14.6. The van der Waals surface area contributed by atoms with Gasteiger partial charge in [0.15, 0.2) is 5.82 Å². The van der Waals surface area contributed by atoms with Crippen molar-refractivity contribution in [3.63, 3.8) is 0 Å². The zero-order chi connectivity index (χ0) is 40.2. The Labute approximate surface area is 355 Å². The first-order valence-electron chi connectivity index (χ1n) is 20.4. The van der Waals surface area contributed by atoms with Crippen molar-refractivity contribution in [2.45, 2.75) is 29.1 Å². The summed E-state index contributed by atoms with van der Waals surface area (Å²) in [6, 6.07) is 73.8. The summed E-state index contributed by atoms with van der Waals surface area (Å²) >= 11 is 1.82. The van der Waals surface area contributed by atoms with Crippen LogP contribution in [0.5, 0.6) is 0 Å². The predicted octanol–water partition coefficient (Wildman–Crippen LogP) is 15.2. The lowest BCUT2D eigenvalue weighted by Crippen LogP contribution is -2.30. The van der Waals surface area contributed by atoms with Gasteiger partial charge >= 0.3 is 0 Å². The zero-order valence-corrected chi connectivity index (χ0v) is 34.1. The average Bonchev–Trinajstić information content (AvgIpc) is 3.31. The number of fused-ring (bicyclic) bond motifs is 4.